The number of fused-ring (bicyclic) bond motifs is 1. The minimum Gasteiger partial charge on any atom is -0.394 e. The second-order valence-corrected chi connectivity index (χ2v) is 9.09. The second kappa shape index (κ2) is 10.4. The molecule has 0 radical (unpaired) electrons. The maximum absolute atomic E-state index is 12.2. The molecule has 10 nitrogen and oxygen atoms in total. The Morgan fingerprint density at radius 3 is 2.69 bits per heavy atom. The Morgan fingerprint density at radius 2 is 2.07 bits per heavy atom. The van der Waals surface area contributed by atoms with Crippen molar-refractivity contribution in [1.82, 2.24) is 19.5 Å². The molecule has 2 aromatic rings. The number of hydrogen-bond donors (Lipinski definition) is 3. The van der Waals surface area contributed by atoms with Crippen LogP contribution in [-0.2, 0) is 13.8 Å². The van der Waals surface area contributed by atoms with Crippen molar-refractivity contribution in [1.29, 1.82) is 0 Å². The maximum atomic E-state index is 12.2. The third-order valence-corrected chi connectivity index (χ3v) is 6.43. The van der Waals surface area contributed by atoms with Gasteiger partial charge in [-0.2, -0.15) is 0 Å². The zero-order valence-corrected chi connectivity index (χ0v) is 18.5. The van der Waals surface area contributed by atoms with Crippen molar-refractivity contribution < 1.29 is 24.0 Å². The number of rotatable bonds is 12. The molecule has 0 aliphatic rings. The molecule has 4 atom stereocenters. The summed E-state index contributed by atoms with van der Waals surface area (Å²) in [4.78, 5) is 12.6. The van der Waals surface area contributed by atoms with Crippen molar-refractivity contribution in [3.8, 4) is 0 Å². The number of hydrogen-bond acceptors (Lipinski definition) is 9. The molecule has 3 N–H and O–H groups in total. The highest BCUT2D eigenvalue weighted by Crippen LogP contribution is 2.38. The predicted molar refractivity (Wildman–Crippen MR) is 110 cm³/mol. The van der Waals surface area contributed by atoms with Gasteiger partial charge in [-0.05, 0) is 31.8 Å². The average molecular weight is 428 g/mol. The first kappa shape index (κ1) is 23.6. The van der Waals surface area contributed by atoms with E-state index in [0.29, 0.717) is 23.4 Å². The van der Waals surface area contributed by atoms with Crippen molar-refractivity contribution >= 4 is 25.0 Å². The molecular weight excluding hydrogens is 397 g/mol. The average Bonchev–Trinajstić information content (AvgIpc) is 3.13. The standard InChI is InChI=1S/C18H31N5O5P/c1-6-12(2)29(26)28-18(3,4)7-8-27-17(13(25)9-24)23-11-22-14-15(19-5)20-10-21-16(14)23/h10-13,17,24-25H,6-9H2,1-5H3,(H,19,20,21)/q+1/t12-,13-,17?/m1/s1. The van der Waals surface area contributed by atoms with Crippen LogP contribution < -0.4 is 5.32 Å². The van der Waals surface area contributed by atoms with Crippen LogP contribution in [0.15, 0.2) is 12.7 Å². The van der Waals surface area contributed by atoms with E-state index in [2.05, 4.69) is 20.3 Å². The summed E-state index contributed by atoms with van der Waals surface area (Å²) < 4.78 is 25.4. The summed E-state index contributed by atoms with van der Waals surface area (Å²) in [5.74, 6) is 0.550. The van der Waals surface area contributed by atoms with Gasteiger partial charge in [0.1, 0.15) is 23.5 Å². The molecule has 0 aliphatic carbocycles. The molecule has 0 saturated heterocycles. The lowest BCUT2D eigenvalue weighted by Crippen LogP contribution is -2.32. The van der Waals surface area contributed by atoms with Crippen LogP contribution in [0.3, 0.4) is 0 Å². The van der Waals surface area contributed by atoms with Crippen molar-refractivity contribution in [2.45, 2.75) is 64.1 Å². The van der Waals surface area contributed by atoms with Gasteiger partial charge in [-0.3, -0.25) is 4.57 Å². The first-order valence-electron chi connectivity index (χ1n) is 9.65. The minimum absolute atomic E-state index is 0.0208. The molecule has 2 rings (SSSR count). The summed E-state index contributed by atoms with van der Waals surface area (Å²) in [5.41, 5.74) is 0.317. The summed E-state index contributed by atoms with van der Waals surface area (Å²) in [5, 5.41) is 22.7. The second-order valence-electron chi connectivity index (χ2n) is 7.45. The number of nitrogens with one attached hydrogen (secondary N) is 1. The van der Waals surface area contributed by atoms with E-state index in [9.17, 15) is 14.8 Å². The van der Waals surface area contributed by atoms with Gasteiger partial charge in [-0.25, -0.2) is 15.0 Å². The molecule has 0 aliphatic heterocycles. The van der Waals surface area contributed by atoms with E-state index in [1.165, 1.54) is 12.7 Å². The highest BCUT2D eigenvalue weighted by molar-refractivity contribution is 7.40. The summed E-state index contributed by atoms with van der Waals surface area (Å²) in [6, 6.07) is 0. The predicted octanol–water partition coefficient (Wildman–Crippen LogP) is 2.46. The molecule has 162 valence electrons. The number of nitrogens with zero attached hydrogens (tertiary/aromatic N) is 4. The van der Waals surface area contributed by atoms with E-state index < -0.39 is 32.6 Å². The van der Waals surface area contributed by atoms with E-state index in [1.807, 2.05) is 27.7 Å². The lowest BCUT2D eigenvalue weighted by molar-refractivity contribution is -0.104. The highest BCUT2D eigenvalue weighted by atomic mass is 31.1. The molecule has 0 saturated carbocycles. The third kappa shape index (κ3) is 5.90. The third-order valence-electron chi connectivity index (χ3n) is 4.67. The normalized spacial score (nSPS) is 15.9. The summed E-state index contributed by atoms with van der Waals surface area (Å²) in [7, 11) is -0.0509. The zero-order valence-electron chi connectivity index (χ0n) is 17.6. The SMILES string of the molecule is CC[C@@H](C)[P+](=O)OC(C)(C)CCOC([C@H](O)CO)n1cnc2c(NC)ncnc21. The largest absolute Gasteiger partial charge is 0.511 e. The van der Waals surface area contributed by atoms with E-state index in [4.69, 9.17) is 9.26 Å². The van der Waals surface area contributed by atoms with Gasteiger partial charge in [0, 0.05) is 13.5 Å². The quantitative estimate of drug-likeness (QED) is 0.436. The van der Waals surface area contributed by atoms with Crippen LogP contribution in [0.2, 0.25) is 0 Å². The molecule has 0 aromatic carbocycles. The molecule has 0 spiro atoms. The summed E-state index contributed by atoms with van der Waals surface area (Å²) in [6.45, 7) is 7.28. The van der Waals surface area contributed by atoms with Gasteiger partial charge in [0.2, 0.25) is 0 Å². The van der Waals surface area contributed by atoms with Crippen molar-refractivity contribution in [2.75, 3.05) is 25.6 Å². The summed E-state index contributed by atoms with van der Waals surface area (Å²) >= 11 is 0. The zero-order chi connectivity index (χ0) is 21.6. The van der Waals surface area contributed by atoms with Gasteiger partial charge in [-0.15, -0.1) is 4.52 Å². The van der Waals surface area contributed by atoms with Gasteiger partial charge in [0.05, 0.1) is 19.5 Å². The fourth-order valence-corrected chi connectivity index (χ4v) is 3.70. The molecule has 2 unspecified atom stereocenters. The van der Waals surface area contributed by atoms with Crippen LogP contribution in [0, 0.1) is 0 Å². The van der Waals surface area contributed by atoms with Gasteiger partial charge in [0.15, 0.2) is 23.4 Å². The molecule has 2 heterocycles. The molecule has 11 heteroatoms. The monoisotopic (exact) mass is 428 g/mol. The first-order valence-corrected chi connectivity index (χ1v) is 10.9. The first-order chi connectivity index (χ1) is 13.7. The van der Waals surface area contributed by atoms with Gasteiger partial charge < -0.3 is 20.3 Å². The maximum Gasteiger partial charge on any atom is 0.511 e. The van der Waals surface area contributed by atoms with E-state index >= 15 is 0 Å². The highest BCUT2D eigenvalue weighted by Gasteiger charge is 2.36. The van der Waals surface area contributed by atoms with E-state index in [-0.39, 0.29) is 12.3 Å². The molecule has 2 aromatic heterocycles. The number of aliphatic hydroxyl groups is 2. The van der Waals surface area contributed by atoms with Crippen molar-refractivity contribution in [3.05, 3.63) is 12.7 Å². The Balaban J connectivity index is 2.12. The van der Waals surface area contributed by atoms with Crippen molar-refractivity contribution in [2.24, 2.45) is 0 Å². The van der Waals surface area contributed by atoms with Crippen LogP contribution >= 0.6 is 8.03 Å². The van der Waals surface area contributed by atoms with Gasteiger partial charge >= 0.3 is 8.03 Å². The fourth-order valence-electron chi connectivity index (χ4n) is 2.64. The lowest BCUT2D eigenvalue weighted by Gasteiger charge is -2.25. The van der Waals surface area contributed by atoms with Crippen LogP contribution in [-0.4, -0.2) is 67.4 Å². The molecule has 0 bridgehead atoms. The molecule has 0 fully saturated rings. The Morgan fingerprint density at radius 1 is 1.34 bits per heavy atom. The molecule has 29 heavy (non-hydrogen) atoms. The number of ether oxygens (including phenoxy) is 1. The Labute approximate surface area is 171 Å². The smallest absolute Gasteiger partial charge is 0.394 e. The minimum atomic E-state index is -1.78. The van der Waals surface area contributed by atoms with Crippen LogP contribution in [0.5, 0.6) is 0 Å². The van der Waals surface area contributed by atoms with Gasteiger partial charge in [-0.1, -0.05) is 6.92 Å². The van der Waals surface area contributed by atoms with Crippen LogP contribution in [0.1, 0.15) is 46.8 Å². The molecular formula is C18H31N5O5P+. The lowest BCUT2D eigenvalue weighted by atomic mass is 10.1. The van der Waals surface area contributed by atoms with Crippen molar-refractivity contribution in [3.63, 3.8) is 0 Å². The number of aliphatic hydroxyl groups excluding tert-OH is 2. The van der Waals surface area contributed by atoms with Gasteiger partial charge in [0.25, 0.3) is 0 Å². The van der Waals surface area contributed by atoms with Crippen LogP contribution in [0.4, 0.5) is 5.82 Å². The Bertz CT molecular complexity index is 815. The number of imidazole rings is 1. The topological polar surface area (TPSA) is 132 Å². The summed E-state index contributed by atoms with van der Waals surface area (Å²) in [6.07, 6.45) is 2.02. The Kier molecular flexibility index (Phi) is 8.42. The fraction of sp³-hybridized carbons (Fsp3) is 0.722. The van der Waals surface area contributed by atoms with E-state index in [0.717, 1.165) is 6.42 Å². The molecule has 0 amide bonds. The Hall–Kier alpha value is -1.71. The van der Waals surface area contributed by atoms with E-state index in [1.54, 1.807) is 11.6 Å². The number of aromatic nitrogens is 4. The van der Waals surface area contributed by atoms with Crippen LogP contribution in [0.25, 0.3) is 11.2 Å². The number of anilines is 1.